The summed E-state index contributed by atoms with van der Waals surface area (Å²) in [5.74, 6) is 1.77. The molecular formula is C26H34N2O6. The van der Waals surface area contributed by atoms with Gasteiger partial charge in [0.15, 0.2) is 6.61 Å². The summed E-state index contributed by atoms with van der Waals surface area (Å²) in [7, 11) is 4.68. The third-order valence-corrected chi connectivity index (χ3v) is 6.04. The quantitative estimate of drug-likeness (QED) is 0.540. The molecule has 0 spiro atoms. The molecule has 0 saturated heterocycles. The highest BCUT2D eigenvalue weighted by molar-refractivity contribution is 5.88. The van der Waals surface area contributed by atoms with Crippen LogP contribution in [-0.4, -0.2) is 56.7 Å². The summed E-state index contributed by atoms with van der Waals surface area (Å²) in [6.07, 6.45) is 4.18. The first-order valence-corrected chi connectivity index (χ1v) is 11.5. The maximum atomic E-state index is 13.3. The molecular weight excluding hydrogens is 436 g/mol. The van der Waals surface area contributed by atoms with Gasteiger partial charge in [0.1, 0.15) is 29.0 Å². The molecule has 0 heterocycles. The third-order valence-electron chi connectivity index (χ3n) is 6.04. The van der Waals surface area contributed by atoms with Gasteiger partial charge in [-0.15, -0.1) is 0 Å². The van der Waals surface area contributed by atoms with Crippen molar-refractivity contribution in [3.05, 3.63) is 48.0 Å². The van der Waals surface area contributed by atoms with Crippen molar-refractivity contribution in [2.24, 2.45) is 0 Å². The van der Waals surface area contributed by atoms with Crippen molar-refractivity contribution in [2.75, 3.05) is 27.9 Å². The van der Waals surface area contributed by atoms with Crippen LogP contribution in [0.1, 0.15) is 38.2 Å². The molecule has 1 fully saturated rings. The van der Waals surface area contributed by atoms with Gasteiger partial charge in [0, 0.05) is 30.8 Å². The molecule has 1 saturated carbocycles. The Balaban J connectivity index is 1.75. The van der Waals surface area contributed by atoms with Crippen LogP contribution in [0.3, 0.4) is 0 Å². The van der Waals surface area contributed by atoms with Crippen molar-refractivity contribution in [3.8, 4) is 23.0 Å². The van der Waals surface area contributed by atoms with Gasteiger partial charge >= 0.3 is 0 Å². The van der Waals surface area contributed by atoms with Gasteiger partial charge < -0.3 is 29.2 Å². The molecule has 0 aromatic heterocycles. The van der Waals surface area contributed by atoms with Crippen LogP contribution >= 0.6 is 0 Å². The average Bonchev–Trinajstić information content (AvgIpc) is 3.38. The molecule has 8 nitrogen and oxygen atoms in total. The normalized spacial score (nSPS) is 14.2. The van der Waals surface area contributed by atoms with Gasteiger partial charge in [-0.2, -0.15) is 0 Å². The number of ether oxygens (including phenoxy) is 4. The highest BCUT2D eigenvalue weighted by Crippen LogP contribution is 2.27. The average molecular weight is 471 g/mol. The van der Waals surface area contributed by atoms with Gasteiger partial charge in [0.05, 0.1) is 21.3 Å². The number of nitrogens with zero attached hydrogens (tertiary/aromatic N) is 1. The van der Waals surface area contributed by atoms with E-state index < -0.39 is 6.04 Å². The van der Waals surface area contributed by atoms with E-state index in [1.165, 1.54) is 4.90 Å². The molecule has 0 bridgehead atoms. The van der Waals surface area contributed by atoms with Crippen LogP contribution in [-0.2, 0) is 16.1 Å². The van der Waals surface area contributed by atoms with E-state index in [4.69, 9.17) is 18.9 Å². The topological polar surface area (TPSA) is 86.3 Å². The molecule has 1 unspecified atom stereocenters. The minimum Gasteiger partial charge on any atom is -0.497 e. The second-order valence-corrected chi connectivity index (χ2v) is 8.38. The van der Waals surface area contributed by atoms with E-state index in [9.17, 15) is 9.59 Å². The van der Waals surface area contributed by atoms with Gasteiger partial charge in [0.2, 0.25) is 5.91 Å². The van der Waals surface area contributed by atoms with Crippen LogP contribution < -0.4 is 24.3 Å². The predicted molar refractivity (Wildman–Crippen MR) is 128 cm³/mol. The van der Waals surface area contributed by atoms with Gasteiger partial charge in [-0.3, -0.25) is 9.59 Å². The van der Waals surface area contributed by atoms with E-state index in [-0.39, 0.29) is 31.0 Å². The SMILES string of the molecule is COc1cccc(CN(C(=O)COc2cc(OC)cc(OC)c2)C(C)C(=O)NC2CCCC2)c1. The van der Waals surface area contributed by atoms with Crippen molar-refractivity contribution in [1.29, 1.82) is 0 Å². The number of amides is 2. The second-order valence-electron chi connectivity index (χ2n) is 8.38. The Kier molecular flexibility index (Phi) is 9.01. The first-order chi connectivity index (χ1) is 16.4. The number of hydrogen-bond acceptors (Lipinski definition) is 6. The van der Waals surface area contributed by atoms with E-state index in [1.807, 2.05) is 24.3 Å². The van der Waals surface area contributed by atoms with Crippen LogP contribution in [0.4, 0.5) is 0 Å². The summed E-state index contributed by atoms with van der Waals surface area (Å²) in [5, 5.41) is 3.09. The van der Waals surface area contributed by atoms with E-state index in [1.54, 1.807) is 46.5 Å². The fourth-order valence-corrected chi connectivity index (χ4v) is 4.03. The lowest BCUT2D eigenvalue weighted by atomic mass is 10.1. The molecule has 1 N–H and O–H groups in total. The molecule has 3 rings (SSSR count). The van der Waals surface area contributed by atoms with Crippen molar-refractivity contribution in [2.45, 2.75) is 51.2 Å². The monoisotopic (exact) mass is 470 g/mol. The van der Waals surface area contributed by atoms with E-state index in [0.29, 0.717) is 23.0 Å². The van der Waals surface area contributed by atoms with E-state index in [2.05, 4.69) is 5.32 Å². The number of methoxy groups -OCH3 is 3. The summed E-state index contributed by atoms with van der Waals surface area (Å²) in [6.45, 7) is 1.76. The van der Waals surface area contributed by atoms with Crippen molar-refractivity contribution in [1.82, 2.24) is 10.2 Å². The summed E-state index contributed by atoms with van der Waals surface area (Å²) in [5.41, 5.74) is 0.858. The molecule has 1 aliphatic rings. The van der Waals surface area contributed by atoms with Crippen LogP contribution in [0.15, 0.2) is 42.5 Å². The van der Waals surface area contributed by atoms with Gasteiger partial charge in [-0.1, -0.05) is 25.0 Å². The molecule has 2 aromatic carbocycles. The fourth-order valence-electron chi connectivity index (χ4n) is 4.03. The van der Waals surface area contributed by atoms with E-state index >= 15 is 0 Å². The Morgan fingerprint density at radius 1 is 0.941 bits per heavy atom. The maximum Gasteiger partial charge on any atom is 0.261 e. The summed E-state index contributed by atoms with van der Waals surface area (Å²) in [6, 6.07) is 12.0. The van der Waals surface area contributed by atoms with Crippen molar-refractivity contribution < 1.29 is 28.5 Å². The Bertz CT molecular complexity index is 951. The Morgan fingerprint density at radius 3 is 2.18 bits per heavy atom. The number of rotatable bonds is 11. The lowest BCUT2D eigenvalue weighted by Crippen LogP contribution is -2.50. The van der Waals surface area contributed by atoms with Gasteiger partial charge in [-0.25, -0.2) is 0 Å². The fraction of sp³-hybridized carbons (Fsp3) is 0.462. The number of carbonyl (C=O) groups is 2. The minimum absolute atomic E-state index is 0.161. The van der Waals surface area contributed by atoms with Crippen molar-refractivity contribution in [3.63, 3.8) is 0 Å². The number of hydrogen-bond donors (Lipinski definition) is 1. The number of carbonyl (C=O) groups excluding carboxylic acids is 2. The number of benzene rings is 2. The molecule has 1 atom stereocenters. The molecule has 8 heteroatoms. The highest BCUT2D eigenvalue weighted by atomic mass is 16.5. The Hall–Kier alpha value is -3.42. The first kappa shape index (κ1) is 25.2. The van der Waals surface area contributed by atoms with Crippen molar-refractivity contribution >= 4 is 11.8 Å². The standard InChI is InChI=1S/C26H34N2O6/c1-18(26(30)27-20-9-5-6-10-20)28(16-19-8-7-11-21(12-19)31-2)25(29)17-34-24-14-22(32-3)13-23(15-24)33-4/h7-8,11-15,18,20H,5-6,9-10,16-17H2,1-4H3,(H,27,30). The molecule has 184 valence electrons. The van der Waals surface area contributed by atoms with Gasteiger partial charge in [0.25, 0.3) is 5.91 Å². The molecule has 0 aliphatic heterocycles. The molecule has 34 heavy (non-hydrogen) atoms. The molecule has 0 radical (unpaired) electrons. The third kappa shape index (κ3) is 6.79. The maximum absolute atomic E-state index is 13.3. The molecule has 1 aliphatic carbocycles. The largest absolute Gasteiger partial charge is 0.497 e. The molecule has 2 aromatic rings. The molecule has 2 amide bonds. The summed E-state index contributed by atoms with van der Waals surface area (Å²) < 4.78 is 21.6. The highest BCUT2D eigenvalue weighted by Gasteiger charge is 2.29. The number of nitrogens with one attached hydrogen (secondary N) is 1. The lowest BCUT2D eigenvalue weighted by Gasteiger charge is -2.29. The van der Waals surface area contributed by atoms with Crippen LogP contribution in [0.2, 0.25) is 0 Å². The zero-order chi connectivity index (χ0) is 24.5. The second kappa shape index (κ2) is 12.2. The van der Waals surface area contributed by atoms with Crippen LogP contribution in [0.25, 0.3) is 0 Å². The Morgan fingerprint density at radius 2 is 1.56 bits per heavy atom. The zero-order valence-corrected chi connectivity index (χ0v) is 20.3. The lowest BCUT2D eigenvalue weighted by molar-refractivity contribution is -0.142. The zero-order valence-electron chi connectivity index (χ0n) is 20.3. The van der Waals surface area contributed by atoms with E-state index in [0.717, 1.165) is 31.2 Å². The minimum atomic E-state index is -0.664. The smallest absolute Gasteiger partial charge is 0.261 e. The Labute approximate surface area is 201 Å². The first-order valence-electron chi connectivity index (χ1n) is 11.5. The van der Waals surface area contributed by atoms with Crippen LogP contribution in [0.5, 0.6) is 23.0 Å². The predicted octanol–water partition coefficient (Wildman–Crippen LogP) is 3.57. The summed E-state index contributed by atoms with van der Waals surface area (Å²) >= 11 is 0. The van der Waals surface area contributed by atoms with Crippen LogP contribution in [0, 0.1) is 0 Å². The van der Waals surface area contributed by atoms with Gasteiger partial charge in [-0.05, 0) is 37.5 Å². The summed E-state index contributed by atoms with van der Waals surface area (Å²) in [4.78, 5) is 27.8.